The van der Waals surface area contributed by atoms with Crippen LogP contribution in [-0.2, 0) is 27.2 Å². The van der Waals surface area contributed by atoms with Gasteiger partial charge in [0.1, 0.15) is 0 Å². The van der Waals surface area contributed by atoms with E-state index in [-0.39, 0.29) is 17.9 Å². The van der Waals surface area contributed by atoms with Crippen LogP contribution in [0.25, 0.3) is 0 Å². The summed E-state index contributed by atoms with van der Waals surface area (Å²) in [4.78, 5) is 30.4. The van der Waals surface area contributed by atoms with Crippen molar-refractivity contribution in [2.45, 2.75) is 62.7 Å². The van der Waals surface area contributed by atoms with Gasteiger partial charge in [0, 0.05) is 56.5 Å². The topological polar surface area (TPSA) is 52.7 Å². The highest BCUT2D eigenvalue weighted by Crippen LogP contribution is 2.48. The summed E-state index contributed by atoms with van der Waals surface area (Å²) in [6.45, 7) is 5.69. The van der Waals surface area contributed by atoms with Crippen molar-refractivity contribution in [3.8, 4) is 0 Å². The van der Waals surface area contributed by atoms with Gasteiger partial charge in [0.05, 0.1) is 4.75 Å². The first kappa shape index (κ1) is 38.1. The second kappa shape index (κ2) is 19.4. The van der Waals surface area contributed by atoms with E-state index in [4.69, 9.17) is 0 Å². The van der Waals surface area contributed by atoms with Crippen LogP contribution in [0.15, 0.2) is 146 Å². The highest BCUT2D eigenvalue weighted by molar-refractivity contribution is 8.00. The summed E-state index contributed by atoms with van der Waals surface area (Å²) in [7, 11) is 0. The molecule has 0 spiro atoms. The summed E-state index contributed by atoms with van der Waals surface area (Å²) >= 11 is 1.83. The fraction of sp³-hybridized carbons (Fsp3) is 0.319. The molecule has 5 aromatic carbocycles. The number of amides is 2. The van der Waals surface area contributed by atoms with E-state index in [0.29, 0.717) is 25.1 Å². The highest BCUT2D eigenvalue weighted by Gasteiger charge is 2.37. The number of nitrogens with zero attached hydrogens (tertiary/aromatic N) is 2. The standard InChI is InChI=1S/C47H53N3O2S/c1-2-46(52)50(43-23-13-6-14-24-43)44-30-35-49(36-31-44)34-29-39-27-25-38(26-28-39)16-15-33-48-45(51)32-37-53-47(40-17-7-3-8-18-40,41-19-9-4-10-20-41)42-21-11-5-12-22-42/h3-14,17-28,44H,2,15-16,29-37H2,1H3,(H,48,51). The average molecular weight is 724 g/mol. The van der Waals surface area contributed by atoms with Crippen LogP contribution < -0.4 is 10.2 Å². The van der Waals surface area contributed by atoms with Crippen molar-refractivity contribution in [2.75, 3.05) is 36.8 Å². The van der Waals surface area contributed by atoms with Crippen LogP contribution in [0.3, 0.4) is 0 Å². The fourth-order valence-corrected chi connectivity index (χ4v) is 9.05. The Bertz CT molecular complexity index is 1730. The molecule has 274 valence electrons. The number of carbonyl (C=O) groups excluding carboxylic acids is 2. The van der Waals surface area contributed by atoms with Crippen molar-refractivity contribution in [2.24, 2.45) is 0 Å². The van der Waals surface area contributed by atoms with Gasteiger partial charge in [-0.2, -0.15) is 0 Å². The van der Waals surface area contributed by atoms with Gasteiger partial charge in [-0.3, -0.25) is 9.59 Å². The molecule has 0 aromatic heterocycles. The minimum absolute atomic E-state index is 0.102. The Hall–Kier alpha value is -4.65. The third kappa shape index (κ3) is 10.1. The van der Waals surface area contributed by atoms with Crippen molar-refractivity contribution in [1.82, 2.24) is 10.2 Å². The van der Waals surface area contributed by atoms with Gasteiger partial charge in [-0.15, -0.1) is 11.8 Å². The van der Waals surface area contributed by atoms with Gasteiger partial charge < -0.3 is 15.1 Å². The predicted molar refractivity (Wildman–Crippen MR) is 221 cm³/mol. The molecular weight excluding hydrogens is 671 g/mol. The summed E-state index contributed by atoms with van der Waals surface area (Å²) < 4.78 is -0.409. The number of nitrogens with one attached hydrogen (secondary N) is 1. The molecule has 1 saturated heterocycles. The van der Waals surface area contributed by atoms with Gasteiger partial charge in [-0.1, -0.05) is 140 Å². The Morgan fingerprint density at radius 1 is 0.698 bits per heavy atom. The van der Waals surface area contributed by atoms with Crippen LogP contribution in [0.5, 0.6) is 0 Å². The molecular formula is C47H53N3O2S. The van der Waals surface area contributed by atoms with Crippen LogP contribution in [0.4, 0.5) is 5.69 Å². The molecule has 0 saturated carbocycles. The van der Waals surface area contributed by atoms with Crippen molar-refractivity contribution in [1.29, 1.82) is 0 Å². The molecule has 6 heteroatoms. The molecule has 5 nitrogen and oxygen atoms in total. The maximum atomic E-state index is 13.0. The number of anilines is 1. The second-order valence-electron chi connectivity index (χ2n) is 13.9. The molecule has 1 heterocycles. The quantitative estimate of drug-likeness (QED) is 0.0768. The van der Waals surface area contributed by atoms with Crippen molar-refractivity contribution >= 4 is 29.3 Å². The molecule has 1 N–H and O–H groups in total. The van der Waals surface area contributed by atoms with E-state index in [2.05, 4.69) is 138 Å². The van der Waals surface area contributed by atoms with Gasteiger partial charge in [0.25, 0.3) is 0 Å². The van der Waals surface area contributed by atoms with Gasteiger partial charge in [0.15, 0.2) is 0 Å². The van der Waals surface area contributed by atoms with E-state index >= 15 is 0 Å². The lowest BCUT2D eigenvalue weighted by Gasteiger charge is -2.38. The number of benzene rings is 5. The largest absolute Gasteiger partial charge is 0.356 e. The molecule has 0 aliphatic carbocycles. The molecule has 0 bridgehead atoms. The molecule has 2 amide bonds. The lowest BCUT2D eigenvalue weighted by molar-refractivity contribution is -0.121. The predicted octanol–water partition coefficient (Wildman–Crippen LogP) is 9.30. The van der Waals surface area contributed by atoms with Crippen LogP contribution >= 0.6 is 11.8 Å². The molecule has 1 aliphatic heterocycles. The third-order valence-corrected chi connectivity index (χ3v) is 12.0. The lowest BCUT2D eigenvalue weighted by Crippen LogP contribution is -2.47. The number of likely N-dealkylation sites (tertiary alicyclic amines) is 1. The van der Waals surface area contributed by atoms with Gasteiger partial charge in [-0.05, 0) is 72.1 Å². The number of aryl methyl sites for hydroxylation is 1. The van der Waals surface area contributed by atoms with Crippen molar-refractivity contribution < 1.29 is 9.59 Å². The Morgan fingerprint density at radius 2 is 1.19 bits per heavy atom. The Morgan fingerprint density at radius 3 is 1.70 bits per heavy atom. The van der Waals surface area contributed by atoms with E-state index in [0.717, 1.165) is 57.4 Å². The van der Waals surface area contributed by atoms with E-state index in [1.54, 1.807) is 0 Å². The monoisotopic (exact) mass is 723 g/mol. The summed E-state index contributed by atoms with van der Waals surface area (Å²) in [5.41, 5.74) is 7.32. The van der Waals surface area contributed by atoms with E-state index < -0.39 is 4.75 Å². The van der Waals surface area contributed by atoms with Crippen LogP contribution in [0.2, 0.25) is 0 Å². The maximum Gasteiger partial charge on any atom is 0.226 e. The van der Waals surface area contributed by atoms with E-state index in [1.807, 2.05) is 41.8 Å². The van der Waals surface area contributed by atoms with Gasteiger partial charge >= 0.3 is 0 Å². The maximum absolute atomic E-state index is 13.0. The molecule has 0 unspecified atom stereocenters. The second-order valence-corrected chi connectivity index (χ2v) is 15.2. The van der Waals surface area contributed by atoms with E-state index in [9.17, 15) is 9.59 Å². The lowest BCUT2D eigenvalue weighted by atomic mass is 9.84. The van der Waals surface area contributed by atoms with Gasteiger partial charge in [-0.25, -0.2) is 0 Å². The van der Waals surface area contributed by atoms with E-state index in [1.165, 1.54) is 27.8 Å². The SMILES string of the molecule is CCC(=O)N(c1ccccc1)C1CCN(CCc2ccc(CCCNC(=O)CCSC(c3ccccc3)(c3ccccc3)c3ccccc3)cc2)CC1. The van der Waals surface area contributed by atoms with Crippen LogP contribution in [-0.4, -0.2) is 54.7 Å². The minimum atomic E-state index is -0.409. The first-order chi connectivity index (χ1) is 26.1. The number of piperidine rings is 1. The first-order valence-electron chi connectivity index (χ1n) is 19.3. The molecule has 5 aromatic rings. The number of hydrogen-bond donors (Lipinski definition) is 1. The fourth-order valence-electron chi connectivity index (χ4n) is 7.55. The Labute approximate surface area is 320 Å². The summed E-state index contributed by atoms with van der Waals surface area (Å²) in [6.07, 6.45) is 5.88. The molecule has 6 rings (SSSR count). The molecule has 1 aliphatic rings. The number of rotatable bonds is 17. The summed E-state index contributed by atoms with van der Waals surface area (Å²) in [6, 6.07) is 51.3. The molecule has 0 radical (unpaired) electrons. The molecule has 0 atom stereocenters. The molecule has 53 heavy (non-hydrogen) atoms. The number of para-hydroxylation sites is 1. The Balaban J connectivity index is 0.926. The van der Waals surface area contributed by atoms with Crippen molar-refractivity contribution in [3.05, 3.63) is 173 Å². The summed E-state index contributed by atoms with van der Waals surface area (Å²) in [5.74, 6) is 1.01. The Kier molecular flexibility index (Phi) is 14.0. The molecule has 1 fully saturated rings. The number of hydrogen-bond acceptors (Lipinski definition) is 4. The smallest absolute Gasteiger partial charge is 0.226 e. The number of carbonyl (C=O) groups is 2. The van der Waals surface area contributed by atoms with Crippen LogP contribution in [0.1, 0.15) is 66.8 Å². The van der Waals surface area contributed by atoms with Gasteiger partial charge in [0.2, 0.25) is 11.8 Å². The first-order valence-corrected chi connectivity index (χ1v) is 20.3. The number of thioether (sulfide) groups is 1. The summed E-state index contributed by atoms with van der Waals surface area (Å²) in [5, 5.41) is 3.18. The zero-order valence-corrected chi connectivity index (χ0v) is 31.9. The highest BCUT2D eigenvalue weighted by atomic mass is 32.2. The third-order valence-electron chi connectivity index (χ3n) is 10.4. The van der Waals surface area contributed by atoms with Crippen LogP contribution in [0, 0.1) is 0 Å². The normalized spacial score (nSPS) is 13.8. The van der Waals surface area contributed by atoms with Crippen molar-refractivity contribution in [3.63, 3.8) is 0 Å². The zero-order valence-electron chi connectivity index (χ0n) is 31.0. The minimum Gasteiger partial charge on any atom is -0.356 e. The average Bonchev–Trinajstić information content (AvgIpc) is 3.22. The zero-order chi connectivity index (χ0) is 36.7.